The van der Waals surface area contributed by atoms with Crippen LogP contribution in [0.5, 0.6) is 0 Å². The van der Waals surface area contributed by atoms with E-state index in [1.54, 1.807) is 0 Å². The van der Waals surface area contributed by atoms with Crippen molar-refractivity contribution in [3.63, 3.8) is 0 Å². The van der Waals surface area contributed by atoms with Crippen LogP contribution in [0, 0.1) is 5.92 Å². The zero-order valence-corrected chi connectivity index (χ0v) is 13.1. The molecule has 116 valence electrons. The monoisotopic (exact) mass is 282 g/mol. The van der Waals surface area contributed by atoms with E-state index < -0.39 is 0 Å². The fourth-order valence-corrected chi connectivity index (χ4v) is 3.08. The molecule has 2 heterocycles. The fraction of sp³-hybridized carbons (Fsp3) is 0.933. The van der Waals surface area contributed by atoms with Gasteiger partial charge >= 0.3 is 0 Å². The second-order valence-corrected chi connectivity index (χ2v) is 6.21. The predicted molar refractivity (Wildman–Crippen MR) is 81.8 cm³/mol. The van der Waals surface area contributed by atoms with Crippen molar-refractivity contribution in [2.45, 2.75) is 19.8 Å². The van der Waals surface area contributed by atoms with E-state index in [4.69, 9.17) is 0 Å². The van der Waals surface area contributed by atoms with Gasteiger partial charge in [-0.3, -0.25) is 9.69 Å². The van der Waals surface area contributed by atoms with Gasteiger partial charge in [0.15, 0.2) is 0 Å². The van der Waals surface area contributed by atoms with Crippen molar-refractivity contribution in [1.29, 1.82) is 0 Å². The van der Waals surface area contributed by atoms with Crippen LogP contribution >= 0.6 is 0 Å². The van der Waals surface area contributed by atoms with E-state index in [1.807, 2.05) is 4.90 Å². The Bertz CT molecular complexity index is 296. The molecule has 2 saturated heterocycles. The van der Waals surface area contributed by atoms with E-state index in [1.165, 1.54) is 12.8 Å². The number of piperidine rings is 1. The van der Waals surface area contributed by atoms with Crippen LogP contribution < -0.4 is 5.32 Å². The van der Waals surface area contributed by atoms with E-state index in [2.05, 4.69) is 29.1 Å². The van der Waals surface area contributed by atoms with Crippen LogP contribution in [0.15, 0.2) is 0 Å². The third-order valence-corrected chi connectivity index (χ3v) is 4.64. The maximum absolute atomic E-state index is 12.4. The highest BCUT2D eigenvalue weighted by Gasteiger charge is 2.22. The molecule has 0 spiro atoms. The molecule has 20 heavy (non-hydrogen) atoms. The predicted octanol–water partition coefficient (Wildman–Crippen LogP) is 0.0819. The van der Waals surface area contributed by atoms with Crippen LogP contribution in [0.2, 0.25) is 0 Å². The highest BCUT2D eigenvalue weighted by Crippen LogP contribution is 2.13. The average molecular weight is 282 g/mol. The van der Waals surface area contributed by atoms with Gasteiger partial charge in [0.2, 0.25) is 5.91 Å². The standard InChI is InChI=1S/C15H30N4O/c1-3-18(12-14-4-6-16-7-5-14)13-15(20)19-10-8-17(2)9-11-19/h14,16H,3-13H2,1-2H3. The normalized spacial score (nSPS) is 22.4. The highest BCUT2D eigenvalue weighted by molar-refractivity contribution is 5.78. The minimum absolute atomic E-state index is 0.314. The Hall–Kier alpha value is -0.650. The molecule has 2 rings (SSSR count). The first-order chi connectivity index (χ1) is 9.69. The topological polar surface area (TPSA) is 38.8 Å². The first kappa shape index (κ1) is 15.7. The largest absolute Gasteiger partial charge is 0.339 e. The molecule has 1 N–H and O–H groups in total. The Morgan fingerprint density at radius 3 is 2.45 bits per heavy atom. The molecule has 5 heteroatoms. The zero-order valence-electron chi connectivity index (χ0n) is 13.1. The molecule has 0 atom stereocenters. The summed E-state index contributed by atoms with van der Waals surface area (Å²) in [5, 5.41) is 3.40. The van der Waals surface area contributed by atoms with E-state index in [0.29, 0.717) is 12.5 Å². The van der Waals surface area contributed by atoms with E-state index in [0.717, 1.165) is 58.3 Å². The van der Waals surface area contributed by atoms with Crippen molar-refractivity contribution in [1.82, 2.24) is 20.0 Å². The van der Waals surface area contributed by atoms with Crippen LogP contribution in [0.1, 0.15) is 19.8 Å². The summed E-state index contributed by atoms with van der Waals surface area (Å²) in [6, 6.07) is 0. The molecule has 2 aliphatic heterocycles. The second-order valence-electron chi connectivity index (χ2n) is 6.21. The van der Waals surface area contributed by atoms with Crippen molar-refractivity contribution >= 4 is 5.91 Å². The van der Waals surface area contributed by atoms with Crippen molar-refractivity contribution in [3.05, 3.63) is 0 Å². The molecule has 0 bridgehead atoms. The Kier molecular flexibility index (Phi) is 6.26. The van der Waals surface area contributed by atoms with Gasteiger partial charge in [-0.05, 0) is 45.4 Å². The molecule has 0 aromatic rings. The molecule has 2 fully saturated rings. The van der Waals surface area contributed by atoms with Crippen molar-refractivity contribution in [3.8, 4) is 0 Å². The minimum atomic E-state index is 0.314. The number of piperazine rings is 1. The molecule has 5 nitrogen and oxygen atoms in total. The fourth-order valence-electron chi connectivity index (χ4n) is 3.08. The summed E-state index contributed by atoms with van der Waals surface area (Å²) in [4.78, 5) is 19.0. The summed E-state index contributed by atoms with van der Waals surface area (Å²) in [6.45, 7) is 10.9. The smallest absolute Gasteiger partial charge is 0.236 e. The Balaban J connectivity index is 1.75. The lowest BCUT2D eigenvalue weighted by Gasteiger charge is -2.35. The average Bonchev–Trinajstić information content (AvgIpc) is 2.48. The summed E-state index contributed by atoms with van der Waals surface area (Å²) in [6.07, 6.45) is 2.50. The minimum Gasteiger partial charge on any atom is -0.339 e. The zero-order chi connectivity index (χ0) is 14.4. The number of rotatable bonds is 5. The number of hydrogen-bond acceptors (Lipinski definition) is 4. The summed E-state index contributed by atoms with van der Waals surface area (Å²) >= 11 is 0. The SMILES string of the molecule is CCN(CC(=O)N1CCN(C)CC1)CC1CCNCC1. The number of carbonyl (C=O) groups excluding carboxylic acids is 1. The van der Waals surface area contributed by atoms with Gasteiger partial charge in [-0.2, -0.15) is 0 Å². The Morgan fingerprint density at radius 2 is 1.85 bits per heavy atom. The van der Waals surface area contributed by atoms with Gasteiger partial charge in [-0.25, -0.2) is 0 Å². The highest BCUT2D eigenvalue weighted by atomic mass is 16.2. The lowest BCUT2D eigenvalue weighted by molar-refractivity contribution is -0.134. The number of carbonyl (C=O) groups is 1. The van der Waals surface area contributed by atoms with E-state index >= 15 is 0 Å². The van der Waals surface area contributed by atoms with Gasteiger partial charge in [0.25, 0.3) is 0 Å². The summed E-state index contributed by atoms with van der Waals surface area (Å²) < 4.78 is 0. The molecular weight excluding hydrogens is 252 g/mol. The number of likely N-dealkylation sites (N-methyl/N-ethyl adjacent to an activating group) is 2. The Morgan fingerprint density at radius 1 is 1.20 bits per heavy atom. The van der Waals surface area contributed by atoms with Gasteiger partial charge in [0.05, 0.1) is 6.54 Å². The first-order valence-corrected chi connectivity index (χ1v) is 8.08. The van der Waals surface area contributed by atoms with Crippen molar-refractivity contribution < 1.29 is 4.79 Å². The number of nitrogens with zero attached hydrogens (tertiary/aromatic N) is 3. The second kappa shape index (κ2) is 7.96. The Labute approximate surface area is 123 Å². The molecule has 0 aromatic carbocycles. The summed E-state index contributed by atoms with van der Waals surface area (Å²) in [5.41, 5.74) is 0. The van der Waals surface area contributed by atoms with Gasteiger partial charge in [0, 0.05) is 32.7 Å². The van der Waals surface area contributed by atoms with Crippen LogP contribution in [0.4, 0.5) is 0 Å². The third kappa shape index (κ3) is 4.72. The van der Waals surface area contributed by atoms with E-state index in [-0.39, 0.29) is 0 Å². The number of nitrogens with one attached hydrogen (secondary N) is 1. The molecule has 0 unspecified atom stereocenters. The van der Waals surface area contributed by atoms with E-state index in [9.17, 15) is 4.79 Å². The summed E-state index contributed by atoms with van der Waals surface area (Å²) in [5.74, 6) is 1.07. The lowest BCUT2D eigenvalue weighted by Crippen LogP contribution is -2.50. The van der Waals surface area contributed by atoms with Gasteiger partial charge < -0.3 is 15.1 Å². The van der Waals surface area contributed by atoms with Gasteiger partial charge in [-0.15, -0.1) is 0 Å². The van der Waals surface area contributed by atoms with Crippen molar-refractivity contribution in [2.75, 3.05) is 66.0 Å². The molecule has 0 aliphatic carbocycles. The maximum atomic E-state index is 12.4. The quantitative estimate of drug-likeness (QED) is 0.775. The molecule has 1 amide bonds. The van der Waals surface area contributed by atoms with Crippen molar-refractivity contribution in [2.24, 2.45) is 5.92 Å². The maximum Gasteiger partial charge on any atom is 0.236 e. The molecule has 0 saturated carbocycles. The number of hydrogen-bond donors (Lipinski definition) is 1. The molecule has 2 aliphatic rings. The summed E-state index contributed by atoms with van der Waals surface area (Å²) in [7, 11) is 2.12. The molecular formula is C15H30N4O. The lowest BCUT2D eigenvalue weighted by atomic mass is 9.97. The molecule has 0 aromatic heterocycles. The van der Waals surface area contributed by atoms with Crippen LogP contribution in [0.25, 0.3) is 0 Å². The van der Waals surface area contributed by atoms with Crippen LogP contribution in [-0.4, -0.2) is 86.6 Å². The first-order valence-electron chi connectivity index (χ1n) is 8.08. The van der Waals surface area contributed by atoms with Gasteiger partial charge in [0.1, 0.15) is 0 Å². The van der Waals surface area contributed by atoms with Crippen LogP contribution in [-0.2, 0) is 4.79 Å². The van der Waals surface area contributed by atoms with Crippen LogP contribution in [0.3, 0.4) is 0 Å². The third-order valence-electron chi connectivity index (χ3n) is 4.64. The van der Waals surface area contributed by atoms with Gasteiger partial charge in [-0.1, -0.05) is 6.92 Å². The number of amides is 1. The molecule has 0 radical (unpaired) electrons.